The fourth-order valence-corrected chi connectivity index (χ4v) is 3.59. The van der Waals surface area contributed by atoms with Crippen LogP contribution in [0, 0.1) is 11.6 Å². The van der Waals surface area contributed by atoms with Gasteiger partial charge in [0.25, 0.3) is 0 Å². The summed E-state index contributed by atoms with van der Waals surface area (Å²) in [4.78, 5) is 16.1. The Labute approximate surface area is 181 Å². The largest absolute Gasteiger partial charge is 0.377 e. The van der Waals surface area contributed by atoms with Crippen LogP contribution in [-0.2, 0) is 10.3 Å². The summed E-state index contributed by atoms with van der Waals surface area (Å²) in [6.07, 6.45) is 1.80. The first kappa shape index (κ1) is 23.8. The number of nitrogens with zero attached hydrogens (tertiary/aromatic N) is 2. The van der Waals surface area contributed by atoms with Gasteiger partial charge in [0.05, 0.1) is 13.2 Å². The van der Waals surface area contributed by atoms with Crippen LogP contribution in [0.2, 0.25) is 0 Å². The van der Waals surface area contributed by atoms with Crippen LogP contribution in [0.25, 0.3) is 5.57 Å². The minimum Gasteiger partial charge on any atom is -0.377 e. The van der Waals surface area contributed by atoms with Crippen molar-refractivity contribution in [2.45, 2.75) is 5.54 Å². The predicted molar refractivity (Wildman–Crippen MR) is 115 cm³/mol. The lowest BCUT2D eigenvalue weighted by Gasteiger charge is -2.39. The molecule has 0 aliphatic carbocycles. The highest BCUT2D eigenvalue weighted by molar-refractivity contribution is 5.85. The third kappa shape index (κ3) is 4.64. The molecule has 1 aliphatic heterocycles. The minimum atomic E-state index is -0.966. The van der Waals surface area contributed by atoms with Crippen molar-refractivity contribution in [3.8, 4) is 0 Å². The number of rotatable bonds is 6. The number of halogens is 3. The number of hydrogen-bond donors (Lipinski definition) is 1. The number of hydrogen-bond acceptors (Lipinski definition) is 3. The molecule has 0 saturated heterocycles. The van der Waals surface area contributed by atoms with Gasteiger partial charge in [-0.3, -0.25) is 0 Å². The van der Waals surface area contributed by atoms with E-state index in [1.54, 1.807) is 25.1 Å². The summed E-state index contributed by atoms with van der Waals surface area (Å²) in [7, 11) is 3.30. The highest BCUT2D eigenvalue weighted by Crippen LogP contribution is 2.41. The van der Waals surface area contributed by atoms with Crippen molar-refractivity contribution >= 4 is 24.0 Å². The smallest absolute Gasteiger partial charge is 0.320 e. The van der Waals surface area contributed by atoms with E-state index in [1.165, 1.54) is 4.90 Å². The van der Waals surface area contributed by atoms with Gasteiger partial charge in [-0.1, -0.05) is 30.3 Å². The highest BCUT2D eigenvalue weighted by atomic mass is 35.5. The Hall–Kier alpha value is -2.48. The number of benzene rings is 2. The van der Waals surface area contributed by atoms with Crippen LogP contribution < -0.4 is 5.73 Å². The van der Waals surface area contributed by atoms with Gasteiger partial charge in [-0.15, -0.1) is 12.4 Å². The van der Waals surface area contributed by atoms with Gasteiger partial charge >= 0.3 is 6.03 Å². The van der Waals surface area contributed by atoms with E-state index in [4.69, 9.17) is 10.5 Å². The Morgan fingerprint density at radius 3 is 2.53 bits per heavy atom. The molecule has 0 saturated carbocycles. The molecular formula is C22H26ClF2N3O2. The quantitative estimate of drug-likeness (QED) is 0.702. The van der Waals surface area contributed by atoms with E-state index in [0.29, 0.717) is 18.7 Å². The van der Waals surface area contributed by atoms with Gasteiger partial charge in [0.2, 0.25) is 0 Å². The molecule has 8 heteroatoms. The highest BCUT2D eigenvalue weighted by Gasteiger charge is 2.46. The lowest BCUT2D eigenvalue weighted by molar-refractivity contribution is 0.0424. The van der Waals surface area contributed by atoms with Gasteiger partial charge in [-0.2, -0.15) is 0 Å². The summed E-state index contributed by atoms with van der Waals surface area (Å²) < 4.78 is 34.1. The van der Waals surface area contributed by atoms with Crippen LogP contribution >= 0.6 is 12.4 Å². The molecule has 3 rings (SSSR count). The molecule has 30 heavy (non-hydrogen) atoms. The fourth-order valence-electron chi connectivity index (χ4n) is 3.59. The molecule has 1 aliphatic rings. The van der Waals surface area contributed by atoms with Gasteiger partial charge in [0, 0.05) is 32.7 Å². The number of ether oxygens (including phenoxy) is 1. The SMILES string of the molecule is CN(C)C(=O)N1CC(c2cc(F)ccc2F)=CC1(COCCN)c1ccccc1.Cl. The van der Waals surface area contributed by atoms with Crippen LogP contribution in [0.5, 0.6) is 0 Å². The zero-order chi connectivity index (χ0) is 21.0. The molecule has 2 N–H and O–H groups in total. The zero-order valence-corrected chi connectivity index (χ0v) is 17.8. The monoisotopic (exact) mass is 437 g/mol. The van der Waals surface area contributed by atoms with Crippen LogP contribution in [0.4, 0.5) is 13.6 Å². The molecule has 2 aromatic rings. The van der Waals surface area contributed by atoms with E-state index in [1.807, 2.05) is 30.3 Å². The van der Waals surface area contributed by atoms with Gasteiger partial charge < -0.3 is 20.3 Å². The molecule has 5 nitrogen and oxygen atoms in total. The second-order valence-electron chi connectivity index (χ2n) is 7.19. The first-order chi connectivity index (χ1) is 13.9. The second-order valence-corrected chi connectivity index (χ2v) is 7.19. The topological polar surface area (TPSA) is 58.8 Å². The van der Waals surface area contributed by atoms with Gasteiger partial charge in [-0.05, 0) is 35.4 Å². The standard InChI is InChI=1S/C22H25F2N3O2.ClH/c1-26(2)21(28)27-14-16(19-12-18(23)8-9-20(19)24)13-22(27,15-29-11-10-25)17-6-4-3-5-7-17;/h3-9,12-13H,10-11,14-15,25H2,1-2H3;1H. The maximum atomic E-state index is 14.5. The first-order valence-corrected chi connectivity index (χ1v) is 9.38. The fraction of sp³-hybridized carbons (Fsp3) is 0.318. The molecule has 1 heterocycles. The minimum absolute atomic E-state index is 0. The molecule has 0 aromatic heterocycles. The number of carbonyl (C=O) groups excluding carboxylic acids is 1. The van der Waals surface area contributed by atoms with Crippen molar-refractivity contribution in [1.82, 2.24) is 9.80 Å². The average Bonchev–Trinajstić information content (AvgIpc) is 3.10. The first-order valence-electron chi connectivity index (χ1n) is 9.38. The van der Waals surface area contributed by atoms with Crippen molar-refractivity contribution in [3.63, 3.8) is 0 Å². The normalized spacial score (nSPS) is 18.0. The lowest BCUT2D eigenvalue weighted by atomic mass is 9.89. The molecule has 162 valence electrons. The van der Waals surface area contributed by atoms with Gasteiger partial charge in [0.15, 0.2) is 0 Å². The lowest BCUT2D eigenvalue weighted by Crippen LogP contribution is -2.52. The molecule has 0 radical (unpaired) electrons. The third-order valence-electron chi connectivity index (χ3n) is 4.97. The van der Waals surface area contributed by atoms with Crippen molar-refractivity contribution in [2.75, 3.05) is 40.4 Å². The summed E-state index contributed by atoms with van der Waals surface area (Å²) in [6.45, 7) is 0.921. The Morgan fingerprint density at radius 1 is 1.20 bits per heavy atom. The molecule has 1 unspecified atom stereocenters. The third-order valence-corrected chi connectivity index (χ3v) is 4.97. The van der Waals surface area contributed by atoms with E-state index < -0.39 is 17.2 Å². The summed E-state index contributed by atoms with van der Waals surface area (Å²) in [5.74, 6) is -1.08. The Kier molecular flexibility index (Phi) is 7.95. The van der Waals surface area contributed by atoms with Crippen LogP contribution in [0.3, 0.4) is 0 Å². The Balaban J connectivity index is 0.00000320. The maximum absolute atomic E-state index is 14.5. The predicted octanol–water partition coefficient (Wildman–Crippen LogP) is 3.64. The summed E-state index contributed by atoms with van der Waals surface area (Å²) in [5, 5.41) is 0. The number of urea groups is 1. The Morgan fingerprint density at radius 2 is 1.90 bits per heavy atom. The van der Waals surface area contributed by atoms with Crippen molar-refractivity contribution < 1.29 is 18.3 Å². The van der Waals surface area contributed by atoms with Crippen LogP contribution in [0.15, 0.2) is 54.6 Å². The van der Waals surface area contributed by atoms with E-state index in [0.717, 1.165) is 23.8 Å². The van der Waals surface area contributed by atoms with E-state index >= 15 is 0 Å². The average molecular weight is 438 g/mol. The van der Waals surface area contributed by atoms with Crippen molar-refractivity contribution in [2.24, 2.45) is 5.73 Å². The number of amides is 2. The summed E-state index contributed by atoms with van der Waals surface area (Å²) in [5.41, 5.74) is 6.09. The molecule has 2 amide bonds. The molecule has 1 atom stereocenters. The zero-order valence-electron chi connectivity index (χ0n) is 17.0. The van der Waals surface area contributed by atoms with Crippen molar-refractivity contribution in [3.05, 3.63) is 77.4 Å². The van der Waals surface area contributed by atoms with E-state index in [2.05, 4.69) is 0 Å². The molecule has 0 spiro atoms. The van der Waals surface area contributed by atoms with Gasteiger partial charge in [0.1, 0.15) is 17.2 Å². The number of nitrogens with two attached hydrogens (primary N) is 1. The van der Waals surface area contributed by atoms with Gasteiger partial charge in [-0.25, -0.2) is 13.6 Å². The molecule has 2 aromatic carbocycles. The molecular weight excluding hydrogens is 412 g/mol. The Bertz CT molecular complexity index is 909. The summed E-state index contributed by atoms with van der Waals surface area (Å²) >= 11 is 0. The number of carbonyl (C=O) groups is 1. The molecule has 0 fully saturated rings. The van der Waals surface area contributed by atoms with Crippen LogP contribution in [-0.4, -0.2) is 56.2 Å². The summed E-state index contributed by atoms with van der Waals surface area (Å²) in [6, 6.07) is 12.5. The van der Waals surface area contributed by atoms with Crippen molar-refractivity contribution in [1.29, 1.82) is 0 Å². The van der Waals surface area contributed by atoms with Crippen LogP contribution in [0.1, 0.15) is 11.1 Å². The molecule has 0 bridgehead atoms. The van der Waals surface area contributed by atoms with E-state index in [9.17, 15) is 13.6 Å². The second kappa shape index (κ2) is 10.0. The van der Waals surface area contributed by atoms with E-state index in [-0.39, 0.29) is 37.2 Å². The maximum Gasteiger partial charge on any atom is 0.320 e.